The van der Waals surface area contributed by atoms with Gasteiger partial charge in [0.25, 0.3) is 0 Å². The number of rotatable bonds is 5. The average molecular weight is 309 g/mol. The van der Waals surface area contributed by atoms with E-state index >= 15 is 0 Å². The molecular formula is C17H25ClN2O. The van der Waals surface area contributed by atoms with Gasteiger partial charge in [0.15, 0.2) is 0 Å². The van der Waals surface area contributed by atoms with E-state index < -0.39 is 0 Å². The molecule has 2 aliphatic carbocycles. The quantitative estimate of drug-likeness (QED) is 0.909. The third-order valence-electron chi connectivity index (χ3n) is 4.75. The normalized spacial score (nSPS) is 24.4. The molecule has 0 bridgehead atoms. The molecule has 3 rings (SSSR count). The fourth-order valence-corrected chi connectivity index (χ4v) is 3.41. The predicted octanol–water partition coefficient (Wildman–Crippen LogP) is 2.97. The molecule has 4 heteroatoms. The van der Waals surface area contributed by atoms with Gasteiger partial charge in [0.05, 0.1) is 0 Å². The van der Waals surface area contributed by atoms with Gasteiger partial charge >= 0.3 is 0 Å². The molecule has 2 saturated carbocycles. The van der Waals surface area contributed by atoms with Crippen molar-refractivity contribution in [3.63, 3.8) is 0 Å². The Balaban J connectivity index is 0.00000161. The molecule has 2 N–H and O–H groups in total. The molecule has 1 aromatic rings. The molecule has 21 heavy (non-hydrogen) atoms. The van der Waals surface area contributed by atoms with Gasteiger partial charge in [0, 0.05) is 18.5 Å². The second-order valence-corrected chi connectivity index (χ2v) is 6.22. The lowest BCUT2D eigenvalue weighted by molar-refractivity contribution is -0.137. The molecular weight excluding hydrogens is 284 g/mol. The first-order chi connectivity index (χ1) is 9.79. The van der Waals surface area contributed by atoms with Crippen LogP contribution in [0, 0.1) is 11.8 Å². The summed E-state index contributed by atoms with van der Waals surface area (Å²) in [4.78, 5) is 15.0. The number of nitrogens with two attached hydrogens (primary N) is 1. The lowest BCUT2D eigenvalue weighted by atomic mass is 9.94. The van der Waals surface area contributed by atoms with Gasteiger partial charge in [0.2, 0.25) is 5.91 Å². The Labute approximate surface area is 133 Å². The maximum Gasteiger partial charge on any atom is 0.226 e. The van der Waals surface area contributed by atoms with Crippen molar-refractivity contribution in [1.29, 1.82) is 0 Å². The van der Waals surface area contributed by atoms with E-state index in [9.17, 15) is 4.79 Å². The molecule has 0 aliphatic heterocycles. The smallest absolute Gasteiger partial charge is 0.226 e. The minimum absolute atomic E-state index is 0. The highest BCUT2D eigenvalue weighted by Crippen LogP contribution is 2.36. The number of nitrogens with zero attached hydrogens (tertiary/aromatic N) is 1. The molecule has 2 atom stereocenters. The second kappa shape index (κ2) is 7.28. The minimum atomic E-state index is 0. The maximum absolute atomic E-state index is 12.9. The third-order valence-corrected chi connectivity index (χ3v) is 4.75. The predicted molar refractivity (Wildman–Crippen MR) is 87.1 cm³/mol. The van der Waals surface area contributed by atoms with Crippen LogP contribution in [-0.2, 0) is 11.3 Å². The Bertz CT molecular complexity index is 461. The van der Waals surface area contributed by atoms with E-state index in [0.717, 1.165) is 25.8 Å². The molecule has 2 aliphatic rings. The summed E-state index contributed by atoms with van der Waals surface area (Å²) in [6.45, 7) is 1.42. The number of benzene rings is 1. The minimum Gasteiger partial charge on any atom is -0.335 e. The zero-order valence-electron chi connectivity index (χ0n) is 12.4. The van der Waals surface area contributed by atoms with Crippen LogP contribution >= 0.6 is 12.4 Å². The molecule has 0 heterocycles. The fourth-order valence-electron chi connectivity index (χ4n) is 3.41. The van der Waals surface area contributed by atoms with Crippen LogP contribution in [0.15, 0.2) is 30.3 Å². The average Bonchev–Trinajstić information content (AvgIpc) is 3.21. The summed E-state index contributed by atoms with van der Waals surface area (Å²) in [6, 6.07) is 10.8. The molecule has 116 valence electrons. The van der Waals surface area contributed by atoms with E-state index in [4.69, 9.17) is 5.73 Å². The first-order valence-corrected chi connectivity index (χ1v) is 7.84. The zero-order valence-corrected chi connectivity index (χ0v) is 13.2. The number of hydrogen-bond donors (Lipinski definition) is 1. The summed E-state index contributed by atoms with van der Waals surface area (Å²) in [5, 5.41) is 0. The van der Waals surface area contributed by atoms with Gasteiger partial charge in [-0.2, -0.15) is 0 Å². The largest absolute Gasteiger partial charge is 0.335 e. The van der Waals surface area contributed by atoms with E-state index in [0.29, 0.717) is 24.4 Å². The van der Waals surface area contributed by atoms with Gasteiger partial charge < -0.3 is 10.6 Å². The molecule has 1 amide bonds. The van der Waals surface area contributed by atoms with Crippen LogP contribution in [0.25, 0.3) is 0 Å². The molecule has 0 aromatic heterocycles. The van der Waals surface area contributed by atoms with Crippen LogP contribution in [-0.4, -0.2) is 23.4 Å². The van der Waals surface area contributed by atoms with Gasteiger partial charge in [-0.3, -0.25) is 4.79 Å². The van der Waals surface area contributed by atoms with Crippen molar-refractivity contribution in [2.24, 2.45) is 17.6 Å². The van der Waals surface area contributed by atoms with Crippen LogP contribution in [0.1, 0.15) is 37.7 Å². The van der Waals surface area contributed by atoms with Crippen molar-refractivity contribution in [2.45, 2.75) is 44.7 Å². The van der Waals surface area contributed by atoms with Crippen LogP contribution < -0.4 is 5.73 Å². The Morgan fingerprint density at radius 2 is 1.86 bits per heavy atom. The summed E-state index contributed by atoms with van der Waals surface area (Å²) in [7, 11) is 0. The van der Waals surface area contributed by atoms with Gasteiger partial charge in [0.1, 0.15) is 0 Å². The molecule has 0 radical (unpaired) electrons. The lowest BCUT2D eigenvalue weighted by Gasteiger charge is -2.28. The van der Waals surface area contributed by atoms with Gasteiger partial charge in [-0.1, -0.05) is 36.8 Å². The summed E-state index contributed by atoms with van der Waals surface area (Å²) < 4.78 is 0. The maximum atomic E-state index is 12.9. The topological polar surface area (TPSA) is 46.3 Å². The molecule has 0 unspecified atom stereocenters. The SMILES string of the molecule is Cl.NC[C@H]1CCC[C@H]1C(=O)N(Cc1ccccc1)C1CC1. The van der Waals surface area contributed by atoms with Crippen molar-refractivity contribution >= 4 is 18.3 Å². The Kier molecular flexibility index (Phi) is 5.65. The van der Waals surface area contributed by atoms with Gasteiger partial charge in [-0.15, -0.1) is 12.4 Å². The van der Waals surface area contributed by atoms with Crippen LogP contribution in [0.2, 0.25) is 0 Å². The summed E-state index contributed by atoms with van der Waals surface area (Å²) in [5.74, 6) is 0.924. The van der Waals surface area contributed by atoms with E-state index in [1.165, 1.54) is 18.4 Å². The van der Waals surface area contributed by atoms with E-state index in [-0.39, 0.29) is 18.3 Å². The molecule has 2 fully saturated rings. The highest BCUT2D eigenvalue weighted by atomic mass is 35.5. The van der Waals surface area contributed by atoms with E-state index in [1.807, 2.05) is 18.2 Å². The van der Waals surface area contributed by atoms with E-state index in [2.05, 4.69) is 17.0 Å². The molecule has 1 aromatic carbocycles. The van der Waals surface area contributed by atoms with Gasteiger partial charge in [-0.05, 0) is 43.7 Å². The Hall–Kier alpha value is -1.06. The molecule has 0 saturated heterocycles. The number of amides is 1. The van der Waals surface area contributed by atoms with Crippen molar-refractivity contribution in [2.75, 3.05) is 6.54 Å². The zero-order chi connectivity index (χ0) is 13.9. The van der Waals surface area contributed by atoms with Crippen LogP contribution in [0.5, 0.6) is 0 Å². The van der Waals surface area contributed by atoms with Crippen LogP contribution in [0.4, 0.5) is 0 Å². The van der Waals surface area contributed by atoms with Gasteiger partial charge in [-0.25, -0.2) is 0 Å². The highest BCUT2D eigenvalue weighted by Gasteiger charge is 2.39. The first kappa shape index (κ1) is 16.3. The molecule has 3 nitrogen and oxygen atoms in total. The number of hydrogen-bond acceptors (Lipinski definition) is 2. The summed E-state index contributed by atoms with van der Waals surface area (Å²) >= 11 is 0. The van der Waals surface area contributed by atoms with Crippen molar-refractivity contribution in [1.82, 2.24) is 4.90 Å². The third kappa shape index (κ3) is 3.78. The monoisotopic (exact) mass is 308 g/mol. The van der Waals surface area contributed by atoms with Crippen molar-refractivity contribution < 1.29 is 4.79 Å². The van der Waals surface area contributed by atoms with Crippen molar-refractivity contribution in [3.05, 3.63) is 35.9 Å². The standard InChI is InChI=1S/C17H24N2O.ClH/c18-11-14-7-4-8-16(14)17(20)19(15-9-10-15)12-13-5-2-1-3-6-13;/h1-3,5-6,14-16H,4,7-12,18H2;1H/t14-,16-;/m1./s1. The number of carbonyl (C=O) groups is 1. The van der Waals surface area contributed by atoms with Crippen LogP contribution in [0.3, 0.4) is 0 Å². The Morgan fingerprint density at radius 3 is 2.48 bits per heavy atom. The summed E-state index contributed by atoms with van der Waals surface area (Å²) in [5.41, 5.74) is 7.07. The lowest BCUT2D eigenvalue weighted by Crippen LogP contribution is -2.40. The number of halogens is 1. The highest BCUT2D eigenvalue weighted by molar-refractivity contribution is 5.85. The first-order valence-electron chi connectivity index (χ1n) is 7.84. The molecule has 0 spiro atoms. The van der Waals surface area contributed by atoms with Crippen molar-refractivity contribution in [3.8, 4) is 0 Å². The number of carbonyl (C=O) groups excluding carboxylic acids is 1. The van der Waals surface area contributed by atoms with E-state index in [1.54, 1.807) is 0 Å². The second-order valence-electron chi connectivity index (χ2n) is 6.22. The Morgan fingerprint density at radius 1 is 1.14 bits per heavy atom. The summed E-state index contributed by atoms with van der Waals surface area (Å²) in [6.07, 6.45) is 5.63. The fraction of sp³-hybridized carbons (Fsp3) is 0.588.